The van der Waals surface area contributed by atoms with Crippen LogP contribution in [0.3, 0.4) is 0 Å². The summed E-state index contributed by atoms with van der Waals surface area (Å²) in [5.41, 5.74) is 5.05. The van der Waals surface area contributed by atoms with Gasteiger partial charge in [-0.2, -0.15) is 0 Å². The van der Waals surface area contributed by atoms with E-state index in [4.69, 9.17) is 9.47 Å². The largest absolute Gasteiger partial charge is 0.493 e. The van der Waals surface area contributed by atoms with Crippen molar-refractivity contribution in [3.63, 3.8) is 0 Å². The molecule has 1 aliphatic heterocycles. The predicted molar refractivity (Wildman–Crippen MR) is 129 cm³/mol. The number of fused-ring (bicyclic) bond motifs is 1. The summed E-state index contributed by atoms with van der Waals surface area (Å²) in [5.74, 6) is 1.41. The molecule has 1 heterocycles. The van der Waals surface area contributed by atoms with E-state index < -0.39 is 0 Å². The zero-order chi connectivity index (χ0) is 22.8. The van der Waals surface area contributed by atoms with E-state index in [0.29, 0.717) is 17.9 Å². The Morgan fingerprint density at radius 1 is 0.969 bits per heavy atom. The molecule has 0 radical (unpaired) electrons. The minimum absolute atomic E-state index is 0.0111. The highest BCUT2D eigenvalue weighted by Gasteiger charge is 2.36. The Balaban J connectivity index is 1.88. The maximum absolute atomic E-state index is 13.5. The van der Waals surface area contributed by atoms with Crippen LogP contribution in [0.1, 0.15) is 36.6 Å². The van der Waals surface area contributed by atoms with Crippen LogP contribution in [0.2, 0.25) is 0 Å². The molecule has 1 amide bonds. The Labute approximate surface area is 190 Å². The molecule has 0 N–H and O–H groups in total. The van der Waals surface area contributed by atoms with Gasteiger partial charge in [0.1, 0.15) is 0 Å². The van der Waals surface area contributed by atoms with Crippen molar-refractivity contribution in [2.75, 3.05) is 31.0 Å². The summed E-state index contributed by atoms with van der Waals surface area (Å²) in [6.45, 7) is 3.99. The van der Waals surface area contributed by atoms with Gasteiger partial charge in [0.15, 0.2) is 11.5 Å². The van der Waals surface area contributed by atoms with Gasteiger partial charge in [0, 0.05) is 25.5 Å². The Kier molecular flexibility index (Phi) is 6.08. The second-order valence-corrected chi connectivity index (χ2v) is 8.53. The van der Waals surface area contributed by atoms with Gasteiger partial charge < -0.3 is 19.3 Å². The summed E-state index contributed by atoms with van der Waals surface area (Å²) in [7, 11) is 5.65. The highest BCUT2D eigenvalue weighted by molar-refractivity contribution is 5.98. The second-order valence-electron chi connectivity index (χ2n) is 8.53. The van der Waals surface area contributed by atoms with E-state index in [1.807, 2.05) is 92.3 Å². The standard InChI is InChI=1S/C27H30N2O3/c1-18(2)32-25-17-23-20(15-24(25)31-5)16-26(30)29(27(23)19-9-7-6-8-10-19)22-13-11-21(12-14-22)28(3)4/h6-15,17-18,27H,16H2,1-5H3. The number of carbonyl (C=O) groups is 1. The van der Waals surface area contributed by atoms with Crippen molar-refractivity contribution in [3.05, 3.63) is 83.4 Å². The van der Waals surface area contributed by atoms with Crippen LogP contribution < -0.4 is 19.3 Å². The first-order chi connectivity index (χ1) is 15.4. The van der Waals surface area contributed by atoms with E-state index in [2.05, 4.69) is 12.1 Å². The number of rotatable bonds is 6. The van der Waals surface area contributed by atoms with E-state index in [0.717, 1.165) is 28.1 Å². The first-order valence-electron chi connectivity index (χ1n) is 10.9. The lowest BCUT2D eigenvalue weighted by Gasteiger charge is -2.38. The summed E-state index contributed by atoms with van der Waals surface area (Å²) in [6.07, 6.45) is 0.323. The summed E-state index contributed by atoms with van der Waals surface area (Å²) in [5, 5.41) is 0. The number of ether oxygens (including phenoxy) is 2. The maximum Gasteiger partial charge on any atom is 0.232 e. The van der Waals surface area contributed by atoms with Crippen molar-refractivity contribution in [2.24, 2.45) is 0 Å². The van der Waals surface area contributed by atoms with Gasteiger partial charge in [-0.25, -0.2) is 0 Å². The van der Waals surface area contributed by atoms with Crippen LogP contribution in [-0.4, -0.2) is 33.2 Å². The van der Waals surface area contributed by atoms with Gasteiger partial charge in [0.2, 0.25) is 5.91 Å². The normalized spacial score (nSPS) is 15.5. The summed E-state index contributed by atoms with van der Waals surface area (Å²) < 4.78 is 11.6. The summed E-state index contributed by atoms with van der Waals surface area (Å²) >= 11 is 0. The van der Waals surface area contributed by atoms with Crippen molar-refractivity contribution in [1.82, 2.24) is 0 Å². The minimum Gasteiger partial charge on any atom is -0.493 e. The van der Waals surface area contributed by atoms with Gasteiger partial charge in [-0.05, 0) is 66.9 Å². The highest BCUT2D eigenvalue weighted by Crippen LogP contribution is 2.43. The molecule has 1 atom stereocenters. The molecule has 4 rings (SSSR count). The summed E-state index contributed by atoms with van der Waals surface area (Å²) in [6, 6.07) is 22.0. The molecule has 0 aliphatic carbocycles. The molecule has 166 valence electrons. The third-order valence-electron chi connectivity index (χ3n) is 5.71. The minimum atomic E-state index is -0.252. The number of hydrogen-bond acceptors (Lipinski definition) is 4. The van der Waals surface area contributed by atoms with Gasteiger partial charge in [-0.1, -0.05) is 30.3 Å². The molecule has 0 aromatic heterocycles. The van der Waals surface area contributed by atoms with Crippen molar-refractivity contribution in [2.45, 2.75) is 32.4 Å². The molecule has 0 bridgehead atoms. The Bertz CT molecular complexity index is 1090. The van der Waals surface area contributed by atoms with Crippen LogP contribution >= 0.6 is 0 Å². The SMILES string of the molecule is COc1cc2c(cc1OC(C)C)C(c1ccccc1)N(c1ccc(N(C)C)cc1)C(=O)C2. The highest BCUT2D eigenvalue weighted by atomic mass is 16.5. The van der Waals surface area contributed by atoms with Crippen LogP contribution in [0.15, 0.2) is 66.7 Å². The van der Waals surface area contributed by atoms with Crippen LogP contribution in [0.5, 0.6) is 11.5 Å². The Morgan fingerprint density at radius 3 is 2.25 bits per heavy atom. The molecular weight excluding hydrogens is 400 g/mol. The van der Waals surface area contributed by atoms with E-state index in [1.165, 1.54) is 0 Å². The van der Waals surface area contributed by atoms with E-state index in [1.54, 1.807) is 7.11 Å². The number of methoxy groups -OCH3 is 1. The van der Waals surface area contributed by atoms with Gasteiger partial charge in [-0.3, -0.25) is 4.79 Å². The number of benzene rings is 3. The van der Waals surface area contributed by atoms with Crippen LogP contribution in [-0.2, 0) is 11.2 Å². The number of amides is 1. The molecule has 0 fully saturated rings. The zero-order valence-corrected chi connectivity index (χ0v) is 19.3. The van der Waals surface area contributed by atoms with Gasteiger partial charge in [0.05, 0.1) is 25.7 Å². The molecule has 5 heteroatoms. The van der Waals surface area contributed by atoms with Crippen molar-refractivity contribution in [1.29, 1.82) is 0 Å². The fourth-order valence-electron chi connectivity index (χ4n) is 4.23. The molecule has 3 aromatic carbocycles. The molecule has 0 saturated heterocycles. The molecule has 0 spiro atoms. The Hall–Kier alpha value is -3.47. The van der Waals surface area contributed by atoms with Crippen LogP contribution in [0, 0.1) is 0 Å². The Morgan fingerprint density at radius 2 is 1.66 bits per heavy atom. The third kappa shape index (κ3) is 4.15. The first kappa shape index (κ1) is 21.8. The number of anilines is 2. The predicted octanol–water partition coefficient (Wildman–Crippen LogP) is 5.23. The monoisotopic (exact) mass is 430 g/mol. The smallest absolute Gasteiger partial charge is 0.232 e. The quantitative estimate of drug-likeness (QED) is 0.537. The topological polar surface area (TPSA) is 42.0 Å². The van der Waals surface area contributed by atoms with Crippen LogP contribution in [0.4, 0.5) is 11.4 Å². The molecular formula is C27H30N2O3. The van der Waals surface area contributed by atoms with E-state index in [9.17, 15) is 4.79 Å². The summed E-state index contributed by atoms with van der Waals surface area (Å²) in [4.78, 5) is 17.4. The average molecular weight is 431 g/mol. The van der Waals surface area contributed by atoms with Crippen molar-refractivity contribution < 1.29 is 14.3 Å². The molecule has 1 unspecified atom stereocenters. The molecule has 5 nitrogen and oxygen atoms in total. The lowest BCUT2D eigenvalue weighted by molar-refractivity contribution is -0.118. The molecule has 0 saturated carbocycles. The van der Waals surface area contributed by atoms with Crippen molar-refractivity contribution in [3.8, 4) is 11.5 Å². The van der Waals surface area contributed by atoms with Crippen molar-refractivity contribution >= 4 is 17.3 Å². The molecule has 1 aliphatic rings. The van der Waals surface area contributed by atoms with Gasteiger partial charge in [0.25, 0.3) is 0 Å². The van der Waals surface area contributed by atoms with Gasteiger partial charge >= 0.3 is 0 Å². The van der Waals surface area contributed by atoms with Gasteiger partial charge in [-0.15, -0.1) is 0 Å². The maximum atomic E-state index is 13.5. The number of nitrogens with zero attached hydrogens (tertiary/aromatic N) is 2. The van der Waals surface area contributed by atoms with Crippen LogP contribution in [0.25, 0.3) is 0 Å². The lowest BCUT2D eigenvalue weighted by Crippen LogP contribution is -2.41. The average Bonchev–Trinajstić information content (AvgIpc) is 2.78. The van der Waals surface area contributed by atoms with E-state index >= 15 is 0 Å². The van der Waals surface area contributed by atoms with E-state index in [-0.39, 0.29) is 18.1 Å². The second kappa shape index (κ2) is 8.95. The number of hydrogen-bond donors (Lipinski definition) is 0. The lowest BCUT2D eigenvalue weighted by atomic mass is 9.87. The third-order valence-corrected chi connectivity index (χ3v) is 5.71. The molecule has 3 aromatic rings. The number of carbonyl (C=O) groups excluding carboxylic acids is 1. The fraction of sp³-hybridized carbons (Fsp3) is 0.296. The first-order valence-corrected chi connectivity index (χ1v) is 10.9. The fourth-order valence-corrected chi connectivity index (χ4v) is 4.23. The molecule has 32 heavy (non-hydrogen) atoms. The zero-order valence-electron chi connectivity index (χ0n) is 19.3.